The molecule has 6 nitrogen and oxygen atoms in total. The van der Waals surface area contributed by atoms with Crippen molar-refractivity contribution in [2.45, 2.75) is 6.92 Å². The zero-order valence-electron chi connectivity index (χ0n) is 12.4. The number of benzene rings is 1. The topological polar surface area (TPSA) is 79.9 Å². The van der Waals surface area contributed by atoms with Crippen LogP contribution in [0.1, 0.15) is 12.5 Å². The lowest BCUT2D eigenvalue weighted by Gasteiger charge is -2.10. The van der Waals surface area contributed by atoms with Gasteiger partial charge in [-0.05, 0) is 25.1 Å². The van der Waals surface area contributed by atoms with Gasteiger partial charge >= 0.3 is 0 Å². The SMILES string of the molecule is CCOc1ccccc1NC(=O)/C(C#N)=C/c1cnn(C)c1. The van der Waals surface area contributed by atoms with Gasteiger partial charge < -0.3 is 10.1 Å². The van der Waals surface area contributed by atoms with Crippen molar-refractivity contribution in [2.75, 3.05) is 11.9 Å². The number of nitrogens with one attached hydrogen (secondary N) is 1. The zero-order chi connectivity index (χ0) is 15.9. The van der Waals surface area contributed by atoms with Gasteiger partial charge in [-0.15, -0.1) is 0 Å². The van der Waals surface area contributed by atoms with Crippen molar-refractivity contribution in [2.24, 2.45) is 7.05 Å². The van der Waals surface area contributed by atoms with E-state index >= 15 is 0 Å². The predicted octanol–water partition coefficient (Wildman–Crippen LogP) is 2.36. The number of aryl methyl sites for hydroxylation is 1. The molecule has 0 aliphatic heterocycles. The van der Waals surface area contributed by atoms with Gasteiger partial charge in [-0.25, -0.2) is 0 Å². The van der Waals surface area contributed by atoms with Crippen LogP contribution in [0, 0.1) is 11.3 Å². The molecule has 0 spiro atoms. The van der Waals surface area contributed by atoms with E-state index in [-0.39, 0.29) is 5.57 Å². The fourth-order valence-corrected chi connectivity index (χ4v) is 1.87. The van der Waals surface area contributed by atoms with Crippen molar-refractivity contribution >= 4 is 17.7 Å². The average Bonchev–Trinajstić information content (AvgIpc) is 2.92. The lowest BCUT2D eigenvalue weighted by atomic mass is 10.2. The van der Waals surface area contributed by atoms with Crippen LogP contribution < -0.4 is 10.1 Å². The number of aromatic nitrogens is 2. The summed E-state index contributed by atoms with van der Waals surface area (Å²) in [4.78, 5) is 12.2. The van der Waals surface area contributed by atoms with Crippen LogP contribution in [-0.2, 0) is 11.8 Å². The average molecular weight is 296 g/mol. The molecular formula is C16H16N4O2. The number of amides is 1. The van der Waals surface area contributed by atoms with Crippen LogP contribution in [0.2, 0.25) is 0 Å². The summed E-state index contributed by atoms with van der Waals surface area (Å²) in [7, 11) is 1.77. The van der Waals surface area contributed by atoms with E-state index in [0.717, 1.165) is 0 Å². The molecule has 1 aromatic heterocycles. The fourth-order valence-electron chi connectivity index (χ4n) is 1.87. The summed E-state index contributed by atoms with van der Waals surface area (Å²) < 4.78 is 7.04. The Balaban J connectivity index is 2.20. The van der Waals surface area contributed by atoms with Crippen molar-refractivity contribution in [3.63, 3.8) is 0 Å². The minimum Gasteiger partial charge on any atom is -0.492 e. The number of rotatable bonds is 5. The Morgan fingerprint density at radius 1 is 1.50 bits per heavy atom. The first-order valence-electron chi connectivity index (χ1n) is 6.77. The number of hydrogen-bond donors (Lipinski definition) is 1. The van der Waals surface area contributed by atoms with Crippen LogP contribution in [0.15, 0.2) is 42.2 Å². The molecule has 0 unspecified atom stereocenters. The van der Waals surface area contributed by atoms with Gasteiger partial charge in [0.1, 0.15) is 17.4 Å². The Morgan fingerprint density at radius 2 is 2.27 bits per heavy atom. The first-order chi connectivity index (χ1) is 10.6. The van der Waals surface area contributed by atoms with E-state index in [1.54, 1.807) is 42.3 Å². The van der Waals surface area contributed by atoms with Crippen molar-refractivity contribution in [3.05, 3.63) is 47.8 Å². The fraction of sp³-hybridized carbons (Fsp3) is 0.188. The van der Waals surface area contributed by atoms with Crippen molar-refractivity contribution < 1.29 is 9.53 Å². The highest BCUT2D eigenvalue weighted by molar-refractivity contribution is 6.10. The Morgan fingerprint density at radius 3 is 2.91 bits per heavy atom. The molecule has 0 fully saturated rings. The number of ether oxygens (including phenoxy) is 1. The number of carbonyl (C=O) groups is 1. The quantitative estimate of drug-likeness (QED) is 0.678. The van der Waals surface area contributed by atoms with E-state index in [1.807, 2.05) is 19.1 Å². The number of carbonyl (C=O) groups excluding carboxylic acids is 1. The van der Waals surface area contributed by atoms with E-state index in [9.17, 15) is 10.1 Å². The van der Waals surface area contributed by atoms with E-state index in [4.69, 9.17) is 4.74 Å². The highest BCUT2D eigenvalue weighted by Gasteiger charge is 2.12. The molecule has 22 heavy (non-hydrogen) atoms. The molecule has 2 aromatic rings. The summed E-state index contributed by atoms with van der Waals surface area (Å²) in [6.45, 7) is 2.35. The van der Waals surface area contributed by atoms with Gasteiger partial charge in [-0.2, -0.15) is 10.4 Å². The lowest BCUT2D eigenvalue weighted by molar-refractivity contribution is -0.112. The Bertz CT molecular complexity index is 741. The highest BCUT2D eigenvalue weighted by atomic mass is 16.5. The number of para-hydroxylation sites is 2. The molecule has 1 heterocycles. The van der Waals surface area contributed by atoms with Gasteiger partial charge in [-0.1, -0.05) is 12.1 Å². The third-order valence-corrected chi connectivity index (χ3v) is 2.84. The molecule has 0 saturated heterocycles. The van der Waals surface area contributed by atoms with Gasteiger partial charge in [0.2, 0.25) is 0 Å². The van der Waals surface area contributed by atoms with Crippen LogP contribution in [0.5, 0.6) is 5.75 Å². The number of anilines is 1. The molecule has 0 bridgehead atoms. The molecule has 0 aliphatic rings. The molecule has 0 radical (unpaired) electrons. The molecule has 1 N–H and O–H groups in total. The molecule has 0 aliphatic carbocycles. The highest BCUT2D eigenvalue weighted by Crippen LogP contribution is 2.24. The smallest absolute Gasteiger partial charge is 0.266 e. The first kappa shape index (κ1) is 15.3. The van der Waals surface area contributed by atoms with Gasteiger partial charge in [0.25, 0.3) is 5.91 Å². The van der Waals surface area contributed by atoms with Gasteiger partial charge in [0.15, 0.2) is 0 Å². The van der Waals surface area contributed by atoms with Crippen LogP contribution in [0.25, 0.3) is 6.08 Å². The summed E-state index contributed by atoms with van der Waals surface area (Å²) in [6, 6.07) is 8.99. The Labute approximate surface area is 128 Å². The summed E-state index contributed by atoms with van der Waals surface area (Å²) in [5, 5.41) is 15.9. The van der Waals surface area contributed by atoms with E-state index in [0.29, 0.717) is 23.6 Å². The third kappa shape index (κ3) is 3.73. The van der Waals surface area contributed by atoms with Gasteiger partial charge in [-0.3, -0.25) is 9.48 Å². The van der Waals surface area contributed by atoms with Gasteiger partial charge in [0.05, 0.1) is 18.5 Å². The monoisotopic (exact) mass is 296 g/mol. The third-order valence-electron chi connectivity index (χ3n) is 2.84. The second-order valence-corrected chi connectivity index (χ2v) is 4.50. The normalized spacial score (nSPS) is 10.9. The minimum atomic E-state index is -0.487. The molecule has 6 heteroatoms. The zero-order valence-corrected chi connectivity index (χ0v) is 12.4. The summed E-state index contributed by atoms with van der Waals surface area (Å²) in [5.74, 6) is 0.0792. The lowest BCUT2D eigenvalue weighted by Crippen LogP contribution is -2.14. The van der Waals surface area contributed by atoms with E-state index < -0.39 is 5.91 Å². The van der Waals surface area contributed by atoms with Crippen molar-refractivity contribution in [1.82, 2.24) is 9.78 Å². The summed E-state index contributed by atoms with van der Waals surface area (Å²) >= 11 is 0. The van der Waals surface area contributed by atoms with E-state index in [1.165, 1.54) is 6.08 Å². The Kier molecular flexibility index (Phi) is 4.94. The first-order valence-corrected chi connectivity index (χ1v) is 6.77. The Hall–Kier alpha value is -3.07. The standard InChI is InChI=1S/C16H16N4O2/c1-3-22-15-7-5-4-6-14(15)19-16(21)13(9-17)8-12-10-18-20(2)11-12/h4-8,10-11H,3H2,1-2H3,(H,19,21)/b13-8+. The molecule has 1 aromatic carbocycles. The van der Waals surface area contributed by atoms with Crippen molar-refractivity contribution in [1.29, 1.82) is 5.26 Å². The molecule has 1 amide bonds. The molecule has 2 rings (SSSR count). The number of nitrogens with zero attached hydrogens (tertiary/aromatic N) is 3. The maximum Gasteiger partial charge on any atom is 0.266 e. The van der Waals surface area contributed by atoms with Crippen LogP contribution in [-0.4, -0.2) is 22.3 Å². The van der Waals surface area contributed by atoms with Crippen molar-refractivity contribution in [3.8, 4) is 11.8 Å². The minimum absolute atomic E-state index is 0.000647. The molecular weight excluding hydrogens is 280 g/mol. The number of nitriles is 1. The van der Waals surface area contributed by atoms with Crippen LogP contribution in [0.4, 0.5) is 5.69 Å². The second-order valence-electron chi connectivity index (χ2n) is 4.50. The molecule has 0 saturated carbocycles. The molecule has 112 valence electrons. The van der Waals surface area contributed by atoms with Gasteiger partial charge in [0, 0.05) is 18.8 Å². The number of hydrogen-bond acceptors (Lipinski definition) is 4. The second kappa shape index (κ2) is 7.09. The summed E-state index contributed by atoms with van der Waals surface area (Å²) in [6.07, 6.45) is 4.79. The van der Waals surface area contributed by atoms with E-state index in [2.05, 4.69) is 10.4 Å². The van der Waals surface area contributed by atoms with Crippen LogP contribution >= 0.6 is 0 Å². The maximum atomic E-state index is 12.2. The summed E-state index contributed by atoms with van der Waals surface area (Å²) in [5.41, 5.74) is 1.22. The largest absolute Gasteiger partial charge is 0.492 e. The predicted molar refractivity (Wildman–Crippen MR) is 83.0 cm³/mol. The molecule has 0 atom stereocenters. The van der Waals surface area contributed by atoms with Crippen LogP contribution in [0.3, 0.4) is 0 Å². The maximum absolute atomic E-state index is 12.2.